The molecule has 0 aromatic heterocycles. The second kappa shape index (κ2) is 3.68. The van der Waals surface area contributed by atoms with Gasteiger partial charge in [0.05, 0.1) is 18.8 Å². The molecule has 5 aliphatic carbocycles. The standard InChI is InChI=1S/C20H22O3/c21-20(9-4-2-1-3-5-9)17-11-8-10-12-14(11)18(20)15(12)16(13(10)17)19-22-6-7-23-19/h1-5,10-19,21H,6-8H2/t10-,11-,12+,13-,14+,15-,16-,17+,18+,20+/m0/s1. The van der Waals surface area contributed by atoms with Gasteiger partial charge in [-0.05, 0) is 59.3 Å². The fourth-order valence-corrected chi connectivity index (χ4v) is 8.71. The average molecular weight is 310 g/mol. The second-order valence-electron chi connectivity index (χ2n) is 8.80. The highest BCUT2D eigenvalue weighted by molar-refractivity contribution is 5.40. The molecule has 0 unspecified atom stereocenters. The maximum absolute atomic E-state index is 11.9. The fourth-order valence-electron chi connectivity index (χ4n) is 8.71. The molecule has 7 rings (SSSR count). The number of benzene rings is 1. The van der Waals surface area contributed by atoms with Gasteiger partial charge in [-0.2, -0.15) is 0 Å². The first-order valence-electron chi connectivity index (χ1n) is 9.33. The molecule has 0 spiro atoms. The van der Waals surface area contributed by atoms with Crippen molar-refractivity contribution in [3.05, 3.63) is 35.9 Å². The zero-order valence-electron chi connectivity index (χ0n) is 13.0. The van der Waals surface area contributed by atoms with Gasteiger partial charge in [0, 0.05) is 5.92 Å². The third-order valence-corrected chi connectivity index (χ3v) is 8.72. The lowest BCUT2D eigenvalue weighted by molar-refractivity contribution is -0.206. The first-order chi connectivity index (χ1) is 11.3. The Balaban J connectivity index is 1.39. The first kappa shape index (κ1) is 12.5. The topological polar surface area (TPSA) is 38.7 Å². The van der Waals surface area contributed by atoms with Crippen molar-refractivity contribution in [2.75, 3.05) is 13.2 Å². The van der Waals surface area contributed by atoms with Crippen LogP contribution in [0.4, 0.5) is 0 Å². The summed E-state index contributed by atoms with van der Waals surface area (Å²) in [5.41, 5.74) is 0.591. The van der Waals surface area contributed by atoms with Crippen LogP contribution in [0.5, 0.6) is 0 Å². The van der Waals surface area contributed by atoms with Crippen LogP contribution in [0.25, 0.3) is 0 Å². The Kier molecular flexibility index (Phi) is 2.00. The highest BCUT2D eigenvalue weighted by Crippen LogP contribution is 2.88. The normalized spacial score (nSPS) is 60.8. The van der Waals surface area contributed by atoms with Crippen LogP contribution in [-0.4, -0.2) is 24.6 Å². The van der Waals surface area contributed by atoms with Crippen molar-refractivity contribution in [2.24, 2.45) is 53.3 Å². The molecule has 3 heteroatoms. The van der Waals surface area contributed by atoms with Crippen LogP contribution in [0.1, 0.15) is 12.0 Å². The number of rotatable bonds is 2. The molecular weight excluding hydrogens is 288 g/mol. The molecule has 0 radical (unpaired) electrons. The van der Waals surface area contributed by atoms with Crippen molar-refractivity contribution in [1.82, 2.24) is 0 Å². The van der Waals surface area contributed by atoms with Gasteiger partial charge in [0.2, 0.25) is 0 Å². The summed E-state index contributed by atoms with van der Waals surface area (Å²) in [7, 11) is 0. The summed E-state index contributed by atoms with van der Waals surface area (Å²) >= 11 is 0. The Morgan fingerprint density at radius 1 is 0.826 bits per heavy atom. The van der Waals surface area contributed by atoms with E-state index in [4.69, 9.17) is 9.47 Å². The predicted molar refractivity (Wildman–Crippen MR) is 82.1 cm³/mol. The lowest BCUT2D eigenvalue weighted by atomic mass is 9.52. The molecule has 6 aliphatic rings. The zero-order chi connectivity index (χ0) is 14.9. The Morgan fingerprint density at radius 3 is 2.35 bits per heavy atom. The molecule has 1 aromatic carbocycles. The lowest BCUT2D eigenvalue weighted by Crippen LogP contribution is -2.57. The minimum atomic E-state index is -0.581. The second-order valence-corrected chi connectivity index (χ2v) is 8.80. The maximum atomic E-state index is 11.9. The minimum Gasteiger partial charge on any atom is -0.385 e. The molecule has 2 bridgehead atoms. The molecule has 5 saturated carbocycles. The Labute approximate surface area is 136 Å². The van der Waals surface area contributed by atoms with Crippen molar-refractivity contribution in [3.8, 4) is 0 Å². The van der Waals surface area contributed by atoms with Gasteiger partial charge in [0.1, 0.15) is 0 Å². The highest BCUT2D eigenvalue weighted by atomic mass is 16.7. The number of ether oxygens (including phenoxy) is 2. The van der Waals surface area contributed by atoms with Gasteiger partial charge < -0.3 is 14.6 Å². The summed E-state index contributed by atoms with van der Waals surface area (Å²) in [5, 5.41) is 11.9. The molecule has 1 N–H and O–H groups in total. The summed E-state index contributed by atoms with van der Waals surface area (Å²) in [6, 6.07) is 10.5. The van der Waals surface area contributed by atoms with Gasteiger partial charge in [-0.3, -0.25) is 0 Å². The Bertz CT molecular complexity index is 683. The third-order valence-electron chi connectivity index (χ3n) is 8.72. The van der Waals surface area contributed by atoms with Crippen LogP contribution in [0.3, 0.4) is 0 Å². The summed E-state index contributed by atoms with van der Waals surface area (Å²) in [6.07, 6.45) is 1.37. The van der Waals surface area contributed by atoms with E-state index in [0.717, 1.165) is 36.9 Å². The molecule has 1 aliphatic heterocycles. The van der Waals surface area contributed by atoms with Gasteiger partial charge in [-0.15, -0.1) is 0 Å². The third kappa shape index (κ3) is 1.09. The number of hydrogen-bond donors (Lipinski definition) is 1. The molecule has 23 heavy (non-hydrogen) atoms. The van der Waals surface area contributed by atoms with Gasteiger partial charge in [0.15, 0.2) is 6.29 Å². The molecule has 10 atom stereocenters. The average Bonchev–Trinajstić information content (AvgIpc) is 3.25. The quantitative estimate of drug-likeness (QED) is 0.910. The minimum absolute atomic E-state index is 0.0145. The molecule has 0 amide bonds. The van der Waals surface area contributed by atoms with E-state index in [-0.39, 0.29) is 6.29 Å². The van der Waals surface area contributed by atoms with E-state index in [1.54, 1.807) is 0 Å². The smallest absolute Gasteiger partial charge is 0.161 e. The molecule has 120 valence electrons. The van der Waals surface area contributed by atoms with Crippen molar-refractivity contribution >= 4 is 0 Å². The molecule has 1 aromatic rings. The molecule has 1 heterocycles. The first-order valence-corrected chi connectivity index (χ1v) is 9.33. The van der Waals surface area contributed by atoms with Crippen LogP contribution >= 0.6 is 0 Å². The van der Waals surface area contributed by atoms with Crippen LogP contribution in [-0.2, 0) is 15.1 Å². The Morgan fingerprint density at radius 2 is 1.57 bits per heavy atom. The van der Waals surface area contributed by atoms with Crippen molar-refractivity contribution < 1.29 is 14.6 Å². The van der Waals surface area contributed by atoms with E-state index in [9.17, 15) is 5.11 Å². The predicted octanol–water partition coefficient (Wildman–Crippen LogP) is 2.25. The van der Waals surface area contributed by atoms with Gasteiger partial charge in [-0.25, -0.2) is 0 Å². The summed E-state index contributed by atoms with van der Waals surface area (Å²) in [4.78, 5) is 0. The van der Waals surface area contributed by atoms with Crippen molar-refractivity contribution in [1.29, 1.82) is 0 Å². The highest BCUT2D eigenvalue weighted by Gasteiger charge is 2.88. The van der Waals surface area contributed by atoms with Crippen LogP contribution in [0.2, 0.25) is 0 Å². The monoisotopic (exact) mass is 310 g/mol. The fraction of sp³-hybridized carbons (Fsp3) is 0.700. The van der Waals surface area contributed by atoms with Crippen LogP contribution < -0.4 is 0 Å². The Hall–Kier alpha value is -0.900. The van der Waals surface area contributed by atoms with Crippen LogP contribution in [0.15, 0.2) is 30.3 Å². The van der Waals surface area contributed by atoms with E-state index in [0.29, 0.717) is 29.6 Å². The summed E-state index contributed by atoms with van der Waals surface area (Å²) in [5.74, 6) is 5.94. The largest absolute Gasteiger partial charge is 0.385 e. The van der Waals surface area contributed by atoms with Gasteiger partial charge in [0.25, 0.3) is 0 Å². The van der Waals surface area contributed by atoms with Gasteiger partial charge in [-0.1, -0.05) is 30.3 Å². The van der Waals surface area contributed by atoms with E-state index in [1.165, 1.54) is 12.0 Å². The molecule has 1 saturated heterocycles. The molecular formula is C20H22O3. The number of aliphatic hydroxyl groups is 1. The maximum Gasteiger partial charge on any atom is 0.161 e. The van der Waals surface area contributed by atoms with Crippen molar-refractivity contribution in [3.63, 3.8) is 0 Å². The number of fused-ring (bicyclic) bond motifs is 2. The molecule has 6 fully saturated rings. The van der Waals surface area contributed by atoms with E-state index < -0.39 is 5.60 Å². The number of hydrogen-bond acceptors (Lipinski definition) is 3. The van der Waals surface area contributed by atoms with Gasteiger partial charge >= 0.3 is 0 Å². The van der Waals surface area contributed by atoms with E-state index in [1.807, 2.05) is 0 Å². The SMILES string of the molecule is O[C@@]1(c2ccccc2)[C@@H]2[C@@H]3[C@@H]4C[C@H]5[C@H]3[C@H]2[C@@H](C2OCCO2)[C@H]5[C@@H]41. The van der Waals surface area contributed by atoms with E-state index in [2.05, 4.69) is 30.3 Å². The van der Waals surface area contributed by atoms with Crippen LogP contribution in [0, 0.1) is 53.3 Å². The molecule has 3 nitrogen and oxygen atoms in total. The summed E-state index contributed by atoms with van der Waals surface area (Å²) in [6.45, 7) is 1.50. The zero-order valence-corrected chi connectivity index (χ0v) is 13.0. The summed E-state index contributed by atoms with van der Waals surface area (Å²) < 4.78 is 11.9. The van der Waals surface area contributed by atoms with E-state index >= 15 is 0 Å². The lowest BCUT2D eigenvalue weighted by Gasteiger charge is -2.55. The van der Waals surface area contributed by atoms with Crippen molar-refractivity contribution in [2.45, 2.75) is 18.3 Å².